The number of nitrogens with zero attached hydrogens (tertiary/aromatic N) is 2. The molecular formula is C27H30F3N5O4. The number of hydrogen-bond donors (Lipinski definition) is 4. The number of aromatic nitrogens is 1. The van der Waals surface area contributed by atoms with E-state index in [0.717, 1.165) is 28.3 Å². The number of halogens is 3. The third-order valence-electron chi connectivity index (χ3n) is 6.34. The number of rotatable bonds is 7. The topological polar surface area (TPSA) is 138 Å². The highest BCUT2D eigenvalue weighted by atomic mass is 19.4. The molecule has 2 amide bonds. The van der Waals surface area contributed by atoms with Gasteiger partial charge < -0.3 is 26.4 Å². The van der Waals surface area contributed by atoms with E-state index in [1.165, 1.54) is 0 Å². The Morgan fingerprint density at radius 3 is 2.46 bits per heavy atom. The van der Waals surface area contributed by atoms with E-state index in [2.05, 4.69) is 15.6 Å². The van der Waals surface area contributed by atoms with Gasteiger partial charge in [-0.05, 0) is 55.0 Å². The summed E-state index contributed by atoms with van der Waals surface area (Å²) in [5.74, 6) is -2.40. The number of alkyl halides is 3. The van der Waals surface area contributed by atoms with Gasteiger partial charge in [0.05, 0.1) is 6.04 Å². The lowest BCUT2D eigenvalue weighted by Gasteiger charge is -2.28. The first-order chi connectivity index (χ1) is 18.5. The number of carbonyl (C=O) groups excluding carboxylic acids is 2. The number of pyridine rings is 1. The number of carbonyl (C=O) groups is 3. The molecule has 2 atom stereocenters. The Morgan fingerprint density at radius 1 is 1.13 bits per heavy atom. The lowest BCUT2D eigenvalue weighted by atomic mass is 10.0. The van der Waals surface area contributed by atoms with Crippen molar-refractivity contribution in [2.75, 3.05) is 19.3 Å². The molecule has 0 bridgehead atoms. The largest absolute Gasteiger partial charge is 0.490 e. The summed E-state index contributed by atoms with van der Waals surface area (Å²) in [4.78, 5) is 40.9. The number of nitrogens with two attached hydrogens (primary N) is 1. The van der Waals surface area contributed by atoms with Crippen molar-refractivity contribution in [3.05, 3.63) is 71.9 Å². The Morgan fingerprint density at radius 2 is 1.82 bits per heavy atom. The number of nitrogens with one attached hydrogen (secondary N) is 2. The van der Waals surface area contributed by atoms with E-state index >= 15 is 0 Å². The molecule has 12 heteroatoms. The zero-order chi connectivity index (χ0) is 28.6. The van der Waals surface area contributed by atoms with Crippen molar-refractivity contribution in [3.8, 4) is 0 Å². The number of likely N-dealkylation sites (N-methyl/N-ethyl adjacent to an activating group) is 1. The zero-order valence-electron chi connectivity index (χ0n) is 21.2. The van der Waals surface area contributed by atoms with Crippen LogP contribution in [0.3, 0.4) is 0 Å². The second-order valence-electron chi connectivity index (χ2n) is 8.99. The number of anilines is 1. The van der Waals surface area contributed by atoms with Gasteiger partial charge in [-0.25, -0.2) is 9.78 Å². The van der Waals surface area contributed by atoms with Crippen LogP contribution in [0.1, 0.15) is 24.0 Å². The Bertz CT molecular complexity index is 1300. The monoisotopic (exact) mass is 545 g/mol. The highest BCUT2D eigenvalue weighted by molar-refractivity contribution is 5.92. The molecule has 3 aromatic rings. The number of fused-ring (bicyclic) bond motifs is 1. The van der Waals surface area contributed by atoms with Crippen molar-refractivity contribution < 1.29 is 32.7 Å². The first kappa shape index (κ1) is 29.4. The lowest BCUT2D eigenvalue weighted by molar-refractivity contribution is -0.192. The number of amides is 2. The molecule has 39 heavy (non-hydrogen) atoms. The maximum absolute atomic E-state index is 13.2. The quantitative estimate of drug-likeness (QED) is 0.358. The molecule has 2 aromatic carbocycles. The molecule has 0 aliphatic carbocycles. The number of hydrogen-bond acceptors (Lipinski definition) is 6. The predicted octanol–water partition coefficient (Wildman–Crippen LogP) is 2.89. The molecule has 1 aliphatic rings. The van der Waals surface area contributed by atoms with Crippen LogP contribution in [0.15, 0.2) is 60.8 Å². The summed E-state index contributed by atoms with van der Waals surface area (Å²) in [5.41, 5.74) is 7.98. The first-order valence-corrected chi connectivity index (χ1v) is 12.2. The molecule has 2 heterocycles. The van der Waals surface area contributed by atoms with Crippen molar-refractivity contribution in [2.45, 2.75) is 44.1 Å². The fraction of sp³-hybridized carbons (Fsp3) is 0.333. The number of carboxylic acids is 1. The third-order valence-corrected chi connectivity index (χ3v) is 6.34. The van der Waals surface area contributed by atoms with Gasteiger partial charge in [0.25, 0.3) is 0 Å². The van der Waals surface area contributed by atoms with Crippen LogP contribution < -0.4 is 16.4 Å². The van der Waals surface area contributed by atoms with Gasteiger partial charge in [0.2, 0.25) is 11.8 Å². The normalized spacial score (nSPS) is 15.8. The summed E-state index contributed by atoms with van der Waals surface area (Å²) in [5, 5.41) is 15.1. The molecule has 208 valence electrons. The molecule has 4 rings (SSSR count). The van der Waals surface area contributed by atoms with Gasteiger partial charge in [-0.3, -0.25) is 9.59 Å². The van der Waals surface area contributed by atoms with E-state index in [9.17, 15) is 22.8 Å². The van der Waals surface area contributed by atoms with E-state index in [-0.39, 0.29) is 17.9 Å². The summed E-state index contributed by atoms with van der Waals surface area (Å²) < 4.78 is 31.7. The molecule has 1 aromatic heterocycles. The van der Waals surface area contributed by atoms with Crippen LogP contribution >= 0.6 is 0 Å². The van der Waals surface area contributed by atoms with Gasteiger partial charge >= 0.3 is 12.1 Å². The molecule has 0 spiro atoms. The van der Waals surface area contributed by atoms with Gasteiger partial charge in [0.1, 0.15) is 11.9 Å². The number of aliphatic carboxylic acids is 1. The number of likely N-dealkylation sites (tertiary alicyclic amines) is 1. The van der Waals surface area contributed by atoms with Gasteiger partial charge in [-0.15, -0.1) is 0 Å². The minimum atomic E-state index is -5.08. The van der Waals surface area contributed by atoms with E-state index in [1.807, 2.05) is 54.6 Å². The molecule has 1 aliphatic heterocycles. The minimum Gasteiger partial charge on any atom is -0.475 e. The molecule has 1 fully saturated rings. The van der Waals surface area contributed by atoms with Crippen LogP contribution in [0.2, 0.25) is 0 Å². The Labute approximate surface area is 223 Å². The van der Waals surface area contributed by atoms with Crippen LogP contribution in [0.4, 0.5) is 19.0 Å². The van der Waals surface area contributed by atoms with E-state index in [4.69, 9.17) is 15.6 Å². The number of benzene rings is 2. The molecular weight excluding hydrogens is 515 g/mol. The number of carboxylic acid groups (broad SMARTS) is 1. The van der Waals surface area contributed by atoms with Gasteiger partial charge in [0, 0.05) is 24.7 Å². The molecule has 0 radical (unpaired) electrons. The van der Waals surface area contributed by atoms with E-state index in [0.29, 0.717) is 31.7 Å². The van der Waals surface area contributed by atoms with Crippen LogP contribution in [-0.4, -0.2) is 64.6 Å². The van der Waals surface area contributed by atoms with Gasteiger partial charge in [-0.2, -0.15) is 13.2 Å². The Kier molecular flexibility index (Phi) is 9.83. The van der Waals surface area contributed by atoms with Gasteiger partial charge in [-0.1, -0.05) is 42.5 Å². The maximum atomic E-state index is 13.2. The first-order valence-electron chi connectivity index (χ1n) is 12.2. The summed E-state index contributed by atoms with van der Waals surface area (Å²) in [6, 6.07) is 16.9. The summed E-state index contributed by atoms with van der Waals surface area (Å²) in [6.07, 6.45) is -1.31. The second kappa shape index (κ2) is 13.1. The lowest BCUT2D eigenvalue weighted by Crippen LogP contribution is -2.52. The number of nitrogen functional groups attached to an aromatic ring is 1. The highest BCUT2D eigenvalue weighted by Crippen LogP contribution is 2.22. The predicted molar refractivity (Wildman–Crippen MR) is 139 cm³/mol. The van der Waals surface area contributed by atoms with Crippen molar-refractivity contribution in [2.24, 2.45) is 0 Å². The summed E-state index contributed by atoms with van der Waals surface area (Å²) >= 11 is 0. The smallest absolute Gasteiger partial charge is 0.475 e. The van der Waals surface area contributed by atoms with Crippen molar-refractivity contribution in [1.82, 2.24) is 20.5 Å². The molecule has 0 saturated carbocycles. The van der Waals surface area contributed by atoms with Gasteiger partial charge in [0.15, 0.2) is 0 Å². The SMILES string of the molecule is CN[C@H](Cc1ccccc1)C(=O)N1CCC[C@H]1C(=O)NCc1ccc2c(N)nccc2c1.O=C(O)C(F)(F)F. The van der Waals surface area contributed by atoms with Crippen LogP contribution in [0.5, 0.6) is 0 Å². The fourth-order valence-corrected chi connectivity index (χ4v) is 4.33. The Hall–Kier alpha value is -4.19. The molecule has 9 nitrogen and oxygen atoms in total. The summed E-state index contributed by atoms with van der Waals surface area (Å²) in [7, 11) is 1.79. The van der Waals surface area contributed by atoms with E-state index < -0.39 is 18.2 Å². The van der Waals surface area contributed by atoms with Crippen molar-refractivity contribution >= 4 is 34.4 Å². The van der Waals surface area contributed by atoms with Crippen LogP contribution in [0.25, 0.3) is 10.8 Å². The average molecular weight is 546 g/mol. The van der Waals surface area contributed by atoms with Crippen molar-refractivity contribution in [1.29, 1.82) is 0 Å². The Balaban J connectivity index is 0.000000532. The maximum Gasteiger partial charge on any atom is 0.490 e. The zero-order valence-corrected chi connectivity index (χ0v) is 21.2. The second-order valence-corrected chi connectivity index (χ2v) is 8.99. The summed E-state index contributed by atoms with van der Waals surface area (Å²) in [6.45, 7) is 1.00. The molecule has 5 N–H and O–H groups in total. The standard InChI is InChI=1S/C25H29N5O2.C2HF3O2/c1-27-21(15-17-6-3-2-4-7-17)25(32)30-13-5-8-22(30)24(31)29-16-18-9-10-20-19(14-18)11-12-28-23(20)26;3-2(4,5)1(6)7/h2-4,6-7,9-12,14,21-22,27H,5,8,13,15-16H2,1H3,(H2,26,28)(H,29,31);(H,6,7)/t21-,22+;/m1./s1. The molecule has 1 saturated heterocycles. The highest BCUT2D eigenvalue weighted by Gasteiger charge is 2.38. The molecule has 0 unspecified atom stereocenters. The van der Waals surface area contributed by atoms with Crippen LogP contribution in [-0.2, 0) is 27.3 Å². The third kappa shape index (κ3) is 7.90. The van der Waals surface area contributed by atoms with Crippen molar-refractivity contribution in [3.63, 3.8) is 0 Å². The average Bonchev–Trinajstić information content (AvgIpc) is 3.41. The van der Waals surface area contributed by atoms with E-state index in [1.54, 1.807) is 18.1 Å². The minimum absolute atomic E-state index is 0.0253. The van der Waals surface area contributed by atoms with Crippen LogP contribution in [0, 0.1) is 0 Å². The fourth-order valence-electron chi connectivity index (χ4n) is 4.33.